The normalized spacial score (nSPS) is 23.5. The van der Waals surface area contributed by atoms with Gasteiger partial charge in [-0.25, -0.2) is 4.39 Å². The lowest BCUT2D eigenvalue weighted by atomic mass is 10.0. The molecular formula is C16H20BrFN2O. The van der Waals surface area contributed by atoms with E-state index in [0.29, 0.717) is 10.5 Å². The van der Waals surface area contributed by atoms with Crippen LogP contribution < -0.4 is 0 Å². The molecule has 2 aliphatic heterocycles. The molecule has 0 saturated carbocycles. The zero-order valence-electron chi connectivity index (χ0n) is 12.0. The minimum atomic E-state index is -0.447. The van der Waals surface area contributed by atoms with Gasteiger partial charge in [0.05, 0.1) is 5.56 Å². The molecule has 1 amide bonds. The van der Waals surface area contributed by atoms with Crippen LogP contribution in [-0.2, 0) is 0 Å². The summed E-state index contributed by atoms with van der Waals surface area (Å²) in [5.74, 6) is -0.637. The zero-order valence-corrected chi connectivity index (χ0v) is 13.6. The van der Waals surface area contributed by atoms with Crippen LogP contribution in [0.15, 0.2) is 22.7 Å². The van der Waals surface area contributed by atoms with E-state index in [4.69, 9.17) is 0 Å². The molecule has 2 fully saturated rings. The molecule has 2 aliphatic rings. The highest BCUT2D eigenvalue weighted by molar-refractivity contribution is 9.10. The molecule has 5 heteroatoms. The van der Waals surface area contributed by atoms with Crippen LogP contribution in [-0.4, -0.2) is 47.9 Å². The van der Waals surface area contributed by atoms with Crippen molar-refractivity contribution in [2.75, 3.05) is 26.2 Å². The molecular weight excluding hydrogens is 335 g/mol. The first kappa shape index (κ1) is 15.0. The van der Waals surface area contributed by atoms with Crippen molar-refractivity contribution in [3.63, 3.8) is 0 Å². The summed E-state index contributed by atoms with van der Waals surface area (Å²) < 4.78 is 14.5. The Morgan fingerprint density at radius 3 is 2.67 bits per heavy atom. The van der Waals surface area contributed by atoms with Crippen molar-refractivity contribution in [3.05, 3.63) is 34.1 Å². The molecule has 2 saturated heterocycles. The van der Waals surface area contributed by atoms with Crippen molar-refractivity contribution in [1.82, 2.24) is 9.80 Å². The van der Waals surface area contributed by atoms with Crippen molar-refractivity contribution >= 4 is 21.8 Å². The monoisotopic (exact) mass is 354 g/mol. The van der Waals surface area contributed by atoms with Crippen molar-refractivity contribution in [3.8, 4) is 0 Å². The summed E-state index contributed by atoms with van der Waals surface area (Å²) in [5.41, 5.74) is 0.166. The van der Waals surface area contributed by atoms with Crippen molar-refractivity contribution in [1.29, 1.82) is 0 Å². The maximum absolute atomic E-state index is 14.0. The molecule has 0 spiro atoms. The first-order chi connectivity index (χ1) is 10.2. The second kappa shape index (κ2) is 6.44. The van der Waals surface area contributed by atoms with Gasteiger partial charge in [0.25, 0.3) is 5.91 Å². The van der Waals surface area contributed by atoms with E-state index in [0.717, 1.165) is 39.0 Å². The molecule has 1 unspecified atom stereocenters. The Balaban J connectivity index is 1.75. The van der Waals surface area contributed by atoms with Crippen LogP contribution in [0, 0.1) is 5.82 Å². The Morgan fingerprint density at radius 2 is 1.95 bits per heavy atom. The van der Waals surface area contributed by atoms with E-state index in [1.807, 2.05) is 4.90 Å². The van der Waals surface area contributed by atoms with E-state index >= 15 is 0 Å². The number of hydrogen-bond acceptors (Lipinski definition) is 2. The summed E-state index contributed by atoms with van der Waals surface area (Å²) >= 11 is 3.30. The average molecular weight is 355 g/mol. The molecule has 114 valence electrons. The van der Waals surface area contributed by atoms with Gasteiger partial charge in [-0.15, -0.1) is 0 Å². The molecule has 0 bridgehead atoms. The Bertz CT molecular complexity index is 511. The van der Waals surface area contributed by atoms with Crippen LogP contribution in [0.2, 0.25) is 0 Å². The highest BCUT2D eigenvalue weighted by atomic mass is 79.9. The topological polar surface area (TPSA) is 23.6 Å². The van der Waals surface area contributed by atoms with Crippen molar-refractivity contribution in [2.24, 2.45) is 0 Å². The van der Waals surface area contributed by atoms with Crippen LogP contribution in [0.25, 0.3) is 0 Å². The molecule has 3 rings (SSSR count). The predicted molar refractivity (Wildman–Crippen MR) is 83.8 cm³/mol. The SMILES string of the molecule is O=C(c1c(F)cccc1Br)N1CCCC(N2CCCC2)C1. The molecule has 3 nitrogen and oxygen atoms in total. The van der Waals surface area contributed by atoms with Gasteiger partial charge in [-0.05, 0) is 66.8 Å². The number of amides is 1. The van der Waals surface area contributed by atoms with Gasteiger partial charge in [0.2, 0.25) is 0 Å². The number of hydrogen-bond donors (Lipinski definition) is 0. The number of carbonyl (C=O) groups excluding carboxylic acids is 1. The summed E-state index contributed by atoms with van der Waals surface area (Å²) in [4.78, 5) is 16.9. The van der Waals surface area contributed by atoms with Gasteiger partial charge in [0, 0.05) is 23.6 Å². The summed E-state index contributed by atoms with van der Waals surface area (Å²) in [6.45, 7) is 3.72. The number of nitrogens with zero attached hydrogens (tertiary/aromatic N) is 2. The van der Waals surface area contributed by atoms with Gasteiger partial charge in [-0.2, -0.15) is 0 Å². The fourth-order valence-corrected chi connectivity index (χ4v) is 3.92. The van der Waals surface area contributed by atoms with E-state index in [1.54, 1.807) is 12.1 Å². The fraction of sp³-hybridized carbons (Fsp3) is 0.562. The molecule has 1 aromatic rings. The first-order valence-corrected chi connectivity index (χ1v) is 8.43. The van der Waals surface area contributed by atoms with Gasteiger partial charge in [0.1, 0.15) is 5.82 Å². The summed E-state index contributed by atoms with van der Waals surface area (Å²) in [7, 11) is 0. The Labute approximate surface area is 133 Å². The van der Waals surface area contributed by atoms with E-state index in [-0.39, 0.29) is 11.5 Å². The predicted octanol–water partition coefficient (Wildman–Crippen LogP) is 3.29. The standard InChI is InChI=1S/C16H20BrFN2O/c17-13-6-3-7-14(18)15(13)16(21)20-10-4-5-12(11-20)19-8-1-2-9-19/h3,6-7,12H,1-2,4-5,8-11H2. The Hall–Kier alpha value is -0.940. The minimum Gasteiger partial charge on any atom is -0.337 e. The summed E-state index contributed by atoms with van der Waals surface area (Å²) in [6, 6.07) is 5.12. The van der Waals surface area contributed by atoms with Crippen molar-refractivity contribution < 1.29 is 9.18 Å². The molecule has 1 aromatic carbocycles. The van der Waals surface area contributed by atoms with Gasteiger partial charge >= 0.3 is 0 Å². The van der Waals surface area contributed by atoms with Gasteiger partial charge in [-0.3, -0.25) is 9.69 Å². The van der Waals surface area contributed by atoms with Crippen LogP contribution in [0.1, 0.15) is 36.0 Å². The second-order valence-electron chi connectivity index (χ2n) is 5.89. The number of likely N-dealkylation sites (tertiary alicyclic amines) is 2. The largest absolute Gasteiger partial charge is 0.337 e. The number of benzene rings is 1. The molecule has 0 radical (unpaired) electrons. The van der Waals surface area contributed by atoms with E-state index in [2.05, 4.69) is 20.8 Å². The minimum absolute atomic E-state index is 0.166. The smallest absolute Gasteiger partial charge is 0.258 e. The first-order valence-electron chi connectivity index (χ1n) is 7.64. The molecule has 2 heterocycles. The van der Waals surface area contributed by atoms with Gasteiger partial charge < -0.3 is 4.90 Å². The van der Waals surface area contributed by atoms with E-state index in [1.165, 1.54) is 18.9 Å². The third kappa shape index (κ3) is 3.14. The third-order valence-electron chi connectivity index (χ3n) is 4.52. The number of rotatable bonds is 2. The quantitative estimate of drug-likeness (QED) is 0.813. The molecule has 21 heavy (non-hydrogen) atoms. The Kier molecular flexibility index (Phi) is 4.60. The third-order valence-corrected chi connectivity index (χ3v) is 5.18. The molecule has 0 N–H and O–H groups in total. The Morgan fingerprint density at radius 1 is 1.19 bits per heavy atom. The van der Waals surface area contributed by atoms with Crippen molar-refractivity contribution in [2.45, 2.75) is 31.7 Å². The maximum Gasteiger partial charge on any atom is 0.258 e. The van der Waals surface area contributed by atoms with Gasteiger partial charge in [0.15, 0.2) is 0 Å². The molecule has 0 aliphatic carbocycles. The van der Waals surface area contributed by atoms with E-state index in [9.17, 15) is 9.18 Å². The molecule has 0 aromatic heterocycles. The fourth-order valence-electron chi connectivity index (χ4n) is 3.40. The number of piperidine rings is 1. The lowest BCUT2D eigenvalue weighted by Gasteiger charge is -2.37. The van der Waals surface area contributed by atoms with Crippen LogP contribution in [0.4, 0.5) is 4.39 Å². The van der Waals surface area contributed by atoms with Crippen LogP contribution >= 0.6 is 15.9 Å². The zero-order chi connectivity index (χ0) is 14.8. The molecule has 1 atom stereocenters. The van der Waals surface area contributed by atoms with Crippen LogP contribution in [0.3, 0.4) is 0 Å². The maximum atomic E-state index is 14.0. The summed E-state index contributed by atoms with van der Waals surface area (Å²) in [6.07, 6.45) is 4.65. The second-order valence-corrected chi connectivity index (χ2v) is 6.74. The number of carbonyl (C=O) groups is 1. The van der Waals surface area contributed by atoms with Crippen LogP contribution in [0.5, 0.6) is 0 Å². The highest BCUT2D eigenvalue weighted by Crippen LogP contribution is 2.25. The van der Waals surface area contributed by atoms with E-state index < -0.39 is 5.82 Å². The summed E-state index contributed by atoms with van der Waals surface area (Å²) in [5, 5.41) is 0. The average Bonchev–Trinajstić information content (AvgIpc) is 3.01. The lowest BCUT2D eigenvalue weighted by molar-refractivity contribution is 0.0602. The lowest BCUT2D eigenvalue weighted by Crippen LogP contribution is -2.49. The number of halogens is 2. The van der Waals surface area contributed by atoms with Gasteiger partial charge in [-0.1, -0.05) is 6.07 Å². The highest BCUT2D eigenvalue weighted by Gasteiger charge is 2.31.